The van der Waals surface area contributed by atoms with Gasteiger partial charge in [0.2, 0.25) is 0 Å². The molecule has 0 N–H and O–H groups in total. The van der Waals surface area contributed by atoms with Gasteiger partial charge in [0, 0.05) is 6.08 Å². The summed E-state index contributed by atoms with van der Waals surface area (Å²) in [5, 5.41) is 0. The van der Waals surface area contributed by atoms with Gasteiger partial charge in [-0.2, -0.15) is 0 Å². The van der Waals surface area contributed by atoms with E-state index in [0.717, 1.165) is 18.4 Å². The molecule has 0 aliphatic heterocycles. The minimum absolute atomic E-state index is 0.204. The van der Waals surface area contributed by atoms with E-state index in [1.54, 1.807) is 41.5 Å². The first-order valence-corrected chi connectivity index (χ1v) is 10.3. The smallest absolute Gasteiger partial charge is 0.339 e. The third-order valence-corrected chi connectivity index (χ3v) is 3.84. The zero-order chi connectivity index (χ0) is 22.9. The summed E-state index contributed by atoms with van der Waals surface area (Å²) in [7, 11) is 0. The standard InChI is InChI=1S/C26H36O4/c1-19(2)21(17-13-12-16-20-14-10-9-11-15-20)22(24(28)30-26(6,7)8)18-23(27)29-25(3,4)5/h9-11,13-15,17-18H,12,16H2,1-8H3/b17-13+,22-18-. The number of ether oxygens (including phenoxy) is 2. The van der Waals surface area contributed by atoms with Crippen LogP contribution in [0.15, 0.2) is 65.3 Å². The second-order valence-electron chi connectivity index (χ2n) is 9.43. The molecule has 1 aromatic carbocycles. The summed E-state index contributed by atoms with van der Waals surface area (Å²) in [4.78, 5) is 25.3. The number of carbonyl (C=O) groups is 2. The Hall–Kier alpha value is -2.62. The lowest BCUT2D eigenvalue weighted by Gasteiger charge is -2.22. The van der Waals surface area contributed by atoms with Crippen molar-refractivity contribution in [1.82, 2.24) is 0 Å². The molecule has 164 valence electrons. The van der Waals surface area contributed by atoms with Gasteiger partial charge in [0.1, 0.15) is 11.2 Å². The summed E-state index contributed by atoms with van der Waals surface area (Å²) in [6, 6.07) is 10.2. The summed E-state index contributed by atoms with van der Waals surface area (Å²) in [6.07, 6.45) is 6.85. The van der Waals surface area contributed by atoms with E-state index in [1.807, 2.05) is 44.2 Å². The van der Waals surface area contributed by atoms with E-state index in [1.165, 1.54) is 11.6 Å². The molecule has 4 heteroatoms. The van der Waals surface area contributed by atoms with Crippen LogP contribution in [0.1, 0.15) is 67.4 Å². The zero-order valence-electron chi connectivity index (χ0n) is 19.7. The maximum atomic E-state index is 12.9. The van der Waals surface area contributed by atoms with Crippen molar-refractivity contribution >= 4 is 11.9 Å². The van der Waals surface area contributed by atoms with Gasteiger partial charge in [0.25, 0.3) is 0 Å². The van der Waals surface area contributed by atoms with E-state index in [4.69, 9.17) is 9.47 Å². The molecule has 1 rings (SSSR count). The van der Waals surface area contributed by atoms with E-state index >= 15 is 0 Å². The number of aryl methyl sites for hydroxylation is 1. The first-order valence-electron chi connectivity index (χ1n) is 10.3. The van der Waals surface area contributed by atoms with E-state index < -0.39 is 23.1 Å². The van der Waals surface area contributed by atoms with Crippen molar-refractivity contribution in [1.29, 1.82) is 0 Å². The Kier molecular flexibility index (Phi) is 9.28. The topological polar surface area (TPSA) is 52.6 Å². The fourth-order valence-corrected chi connectivity index (χ4v) is 2.65. The van der Waals surface area contributed by atoms with Gasteiger partial charge in [-0.05, 0) is 79.4 Å². The average Bonchev–Trinajstić information content (AvgIpc) is 2.57. The van der Waals surface area contributed by atoms with Crippen LogP contribution >= 0.6 is 0 Å². The molecule has 0 aromatic heterocycles. The van der Waals surface area contributed by atoms with Crippen LogP contribution in [0.4, 0.5) is 0 Å². The van der Waals surface area contributed by atoms with Gasteiger partial charge in [-0.15, -0.1) is 0 Å². The molecule has 0 bridgehead atoms. The lowest BCUT2D eigenvalue weighted by atomic mass is 9.99. The molecule has 0 unspecified atom stereocenters. The maximum absolute atomic E-state index is 12.9. The highest BCUT2D eigenvalue weighted by molar-refractivity contribution is 6.01. The highest BCUT2D eigenvalue weighted by Crippen LogP contribution is 2.22. The summed E-state index contributed by atoms with van der Waals surface area (Å²) in [5.74, 6) is -1.11. The second-order valence-corrected chi connectivity index (χ2v) is 9.43. The summed E-state index contributed by atoms with van der Waals surface area (Å²) < 4.78 is 10.9. The molecule has 0 saturated carbocycles. The molecule has 4 nitrogen and oxygen atoms in total. The van der Waals surface area contributed by atoms with Gasteiger partial charge >= 0.3 is 11.9 Å². The lowest BCUT2D eigenvalue weighted by Crippen LogP contribution is -2.27. The Bertz CT molecular complexity index is 809. The van der Waals surface area contributed by atoms with Crippen molar-refractivity contribution in [3.8, 4) is 0 Å². The van der Waals surface area contributed by atoms with Crippen LogP contribution in [0.2, 0.25) is 0 Å². The average molecular weight is 413 g/mol. The SMILES string of the molecule is CC(C)=C(/C=C/CCc1ccccc1)/C(=C/C(=O)OC(C)(C)C)C(=O)OC(C)(C)C. The third kappa shape index (κ3) is 10.2. The Morgan fingerprint density at radius 2 is 1.47 bits per heavy atom. The third-order valence-electron chi connectivity index (χ3n) is 3.84. The minimum atomic E-state index is -0.673. The van der Waals surface area contributed by atoms with E-state index in [2.05, 4.69) is 12.1 Å². The summed E-state index contributed by atoms with van der Waals surface area (Å²) in [6.45, 7) is 14.6. The molecule has 0 heterocycles. The quantitative estimate of drug-likeness (QED) is 0.307. The number of hydrogen-bond donors (Lipinski definition) is 0. The van der Waals surface area contributed by atoms with Gasteiger partial charge in [-0.1, -0.05) is 48.1 Å². The van der Waals surface area contributed by atoms with Gasteiger partial charge < -0.3 is 9.47 Å². The van der Waals surface area contributed by atoms with Crippen molar-refractivity contribution in [3.63, 3.8) is 0 Å². The molecule has 0 amide bonds. The molecular formula is C26H36O4. The van der Waals surface area contributed by atoms with Crippen LogP contribution in [0.25, 0.3) is 0 Å². The highest BCUT2D eigenvalue weighted by Gasteiger charge is 2.24. The van der Waals surface area contributed by atoms with Crippen molar-refractivity contribution in [2.24, 2.45) is 0 Å². The number of esters is 2. The highest BCUT2D eigenvalue weighted by atomic mass is 16.6. The number of benzene rings is 1. The van der Waals surface area contributed by atoms with E-state index in [9.17, 15) is 9.59 Å². The molecule has 0 spiro atoms. The van der Waals surface area contributed by atoms with Gasteiger partial charge in [0.05, 0.1) is 5.57 Å². The predicted molar refractivity (Wildman–Crippen MR) is 122 cm³/mol. The molecular weight excluding hydrogens is 376 g/mol. The Morgan fingerprint density at radius 3 is 1.97 bits per heavy atom. The van der Waals surface area contributed by atoms with Crippen LogP contribution in [0, 0.1) is 0 Å². The number of allylic oxidation sites excluding steroid dienone is 3. The normalized spacial score (nSPS) is 12.6. The first-order chi connectivity index (χ1) is 13.8. The molecule has 0 radical (unpaired) electrons. The molecule has 0 aliphatic rings. The number of rotatable bonds is 7. The number of carbonyl (C=O) groups excluding carboxylic acids is 2. The predicted octanol–water partition coefficient (Wildman–Crippen LogP) is 6.12. The molecule has 0 saturated heterocycles. The van der Waals surface area contributed by atoms with Crippen molar-refractivity contribution in [2.45, 2.75) is 79.4 Å². The van der Waals surface area contributed by atoms with Crippen LogP contribution in [-0.2, 0) is 25.5 Å². The van der Waals surface area contributed by atoms with E-state index in [0.29, 0.717) is 5.57 Å². The second kappa shape index (κ2) is 11.0. The first kappa shape index (κ1) is 25.4. The molecule has 1 aromatic rings. The Balaban J connectivity index is 3.15. The Labute approximate surface area is 181 Å². The summed E-state index contributed by atoms with van der Waals surface area (Å²) >= 11 is 0. The van der Waals surface area contributed by atoms with Crippen LogP contribution < -0.4 is 0 Å². The van der Waals surface area contributed by atoms with Gasteiger partial charge in [0.15, 0.2) is 0 Å². The van der Waals surface area contributed by atoms with Gasteiger partial charge in [-0.3, -0.25) is 0 Å². The van der Waals surface area contributed by atoms with Crippen molar-refractivity contribution in [3.05, 3.63) is 70.8 Å². The molecule has 0 atom stereocenters. The van der Waals surface area contributed by atoms with Crippen LogP contribution in [0.3, 0.4) is 0 Å². The number of hydrogen-bond acceptors (Lipinski definition) is 4. The maximum Gasteiger partial charge on any atom is 0.339 e. The van der Waals surface area contributed by atoms with Gasteiger partial charge in [-0.25, -0.2) is 9.59 Å². The molecule has 30 heavy (non-hydrogen) atoms. The largest absolute Gasteiger partial charge is 0.457 e. The van der Waals surface area contributed by atoms with Crippen molar-refractivity contribution < 1.29 is 19.1 Å². The molecule has 0 fully saturated rings. The van der Waals surface area contributed by atoms with Crippen molar-refractivity contribution in [2.75, 3.05) is 0 Å². The fourth-order valence-electron chi connectivity index (χ4n) is 2.65. The van der Waals surface area contributed by atoms with E-state index in [-0.39, 0.29) is 5.57 Å². The lowest BCUT2D eigenvalue weighted by molar-refractivity contribution is -0.152. The Morgan fingerprint density at radius 1 is 0.900 bits per heavy atom. The monoisotopic (exact) mass is 412 g/mol. The minimum Gasteiger partial charge on any atom is -0.457 e. The van der Waals surface area contributed by atoms with Crippen LogP contribution in [-0.4, -0.2) is 23.1 Å². The zero-order valence-corrected chi connectivity index (χ0v) is 19.7. The molecule has 0 aliphatic carbocycles. The fraction of sp³-hybridized carbons (Fsp3) is 0.462. The van der Waals surface area contributed by atoms with Crippen LogP contribution in [0.5, 0.6) is 0 Å². The summed E-state index contributed by atoms with van der Waals surface area (Å²) in [5.41, 5.74) is 1.71.